The largest absolute Gasteiger partial charge is 0.207 e. The second-order valence-electron chi connectivity index (χ2n) is 5.05. The first-order chi connectivity index (χ1) is 6.82. The van der Waals surface area contributed by atoms with Gasteiger partial charge in [-0.3, -0.25) is 0 Å². The van der Waals surface area contributed by atoms with Gasteiger partial charge in [-0.25, -0.2) is 4.39 Å². The topological polar surface area (TPSA) is 0 Å². The summed E-state index contributed by atoms with van der Waals surface area (Å²) in [5, 5.41) is 1.31. The van der Waals surface area contributed by atoms with Gasteiger partial charge in [-0.1, -0.05) is 43.9 Å². The van der Waals surface area contributed by atoms with E-state index in [1.54, 1.807) is 0 Å². The van der Waals surface area contributed by atoms with E-state index >= 15 is 0 Å². The van der Waals surface area contributed by atoms with Crippen LogP contribution in [0.2, 0.25) is 19.6 Å². The van der Waals surface area contributed by atoms with Crippen LogP contribution in [0.25, 0.3) is 0 Å². The van der Waals surface area contributed by atoms with Crippen LogP contribution in [0.5, 0.6) is 0 Å². The van der Waals surface area contributed by atoms with Crippen LogP contribution < -0.4 is 0 Å². The summed E-state index contributed by atoms with van der Waals surface area (Å²) in [5.41, 5.74) is 1.16. The molecule has 1 aromatic rings. The third-order valence-electron chi connectivity index (χ3n) is 2.86. The number of hydrogen-bond acceptors (Lipinski definition) is 0. The molecule has 0 spiro atoms. The molecule has 1 atom stereocenters. The molecule has 0 fully saturated rings. The zero-order chi connectivity index (χ0) is 11.6. The van der Waals surface area contributed by atoms with Gasteiger partial charge in [-0.15, -0.1) is 6.58 Å². The maximum atomic E-state index is 12.8. The molecule has 0 N–H and O–H groups in total. The first kappa shape index (κ1) is 12.2. The highest BCUT2D eigenvalue weighted by molar-refractivity contribution is 6.83. The summed E-state index contributed by atoms with van der Waals surface area (Å²) >= 11 is 0. The van der Waals surface area contributed by atoms with Gasteiger partial charge < -0.3 is 0 Å². The monoisotopic (exact) mass is 222 g/mol. The van der Waals surface area contributed by atoms with Crippen molar-refractivity contribution >= 4 is 8.07 Å². The van der Waals surface area contributed by atoms with Crippen LogP contribution in [0.4, 0.5) is 4.39 Å². The lowest BCUT2D eigenvalue weighted by molar-refractivity contribution is 0.626. The Hall–Kier alpha value is -0.893. The van der Waals surface area contributed by atoms with Gasteiger partial charge in [-0.05, 0) is 23.6 Å². The van der Waals surface area contributed by atoms with Crippen LogP contribution in [0.15, 0.2) is 36.0 Å². The average Bonchev–Trinajstić information content (AvgIpc) is 2.15. The molecule has 15 heavy (non-hydrogen) atoms. The summed E-state index contributed by atoms with van der Waals surface area (Å²) in [7, 11) is -1.31. The fourth-order valence-corrected chi connectivity index (χ4v) is 3.07. The quantitative estimate of drug-likeness (QED) is 0.666. The highest BCUT2D eigenvalue weighted by Crippen LogP contribution is 2.29. The fourth-order valence-electron chi connectivity index (χ4n) is 1.60. The third-order valence-corrected chi connectivity index (χ3v) is 5.22. The molecule has 0 radical (unpaired) electrons. The molecular formula is C13H19FSi. The Morgan fingerprint density at radius 2 is 1.67 bits per heavy atom. The Morgan fingerprint density at radius 3 is 2.07 bits per heavy atom. The van der Waals surface area contributed by atoms with Crippen LogP contribution in [0.1, 0.15) is 18.4 Å². The maximum absolute atomic E-state index is 12.8. The number of halogens is 1. The van der Waals surface area contributed by atoms with Gasteiger partial charge in [0, 0.05) is 0 Å². The van der Waals surface area contributed by atoms with E-state index in [0.717, 1.165) is 5.56 Å². The van der Waals surface area contributed by atoms with Crippen LogP contribution >= 0.6 is 0 Å². The summed E-state index contributed by atoms with van der Waals surface area (Å²) in [6.45, 7) is 13.2. The number of benzene rings is 1. The first-order valence-electron chi connectivity index (χ1n) is 5.27. The van der Waals surface area contributed by atoms with E-state index in [9.17, 15) is 4.39 Å². The highest BCUT2D eigenvalue weighted by atomic mass is 28.3. The summed E-state index contributed by atoms with van der Waals surface area (Å²) in [5.74, 6) is 0.154. The predicted octanol–water partition coefficient (Wildman–Crippen LogP) is 4.36. The molecule has 2 heteroatoms. The summed E-state index contributed by atoms with van der Waals surface area (Å²) in [4.78, 5) is 0. The lowest BCUT2D eigenvalue weighted by atomic mass is 10.0. The van der Waals surface area contributed by atoms with Crippen molar-refractivity contribution in [2.45, 2.75) is 32.5 Å². The summed E-state index contributed by atoms with van der Waals surface area (Å²) in [6.07, 6.45) is 0. The lowest BCUT2D eigenvalue weighted by Crippen LogP contribution is -2.26. The molecule has 1 aromatic carbocycles. The van der Waals surface area contributed by atoms with Gasteiger partial charge in [0.2, 0.25) is 0 Å². The minimum atomic E-state index is -1.31. The molecule has 0 nitrogen and oxygen atoms in total. The number of rotatable bonds is 3. The minimum absolute atomic E-state index is 0.176. The first-order valence-corrected chi connectivity index (χ1v) is 8.77. The third kappa shape index (κ3) is 3.03. The molecule has 0 aliphatic carbocycles. The second-order valence-corrected chi connectivity index (χ2v) is 10.2. The predicted molar refractivity (Wildman–Crippen MR) is 67.3 cm³/mol. The standard InChI is InChI=1S/C13H19FSi/c1-10(11(2)15(3,4)5)12-6-8-13(14)9-7-12/h6-10H,2H2,1,3-5H3. The van der Waals surface area contributed by atoms with Gasteiger partial charge in [0.1, 0.15) is 5.82 Å². The molecule has 0 heterocycles. The molecule has 1 unspecified atom stereocenters. The molecule has 0 saturated heterocycles. The average molecular weight is 222 g/mol. The minimum Gasteiger partial charge on any atom is -0.207 e. The molecule has 0 amide bonds. The Balaban J connectivity index is 2.90. The van der Waals surface area contributed by atoms with E-state index in [4.69, 9.17) is 0 Å². The fraction of sp³-hybridized carbons (Fsp3) is 0.385. The van der Waals surface area contributed by atoms with E-state index in [1.165, 1.54) is 17.3 Å². The Bertz CT molecular complexity index is 346. The van der Waals surface area contributed by atoms with Crippen molar-refractivity contribution < 1.29 is 4.39 Å². The lowest BCUT2D eigenvalue weighted by Gasteiger charge is -2.25. The van der Waals surface area contributed by atoms with Gasteiger partial charge in [-0.2, -0.15) is 0 Å². The molecule has 0 saturated carbocycles. The van der Waals surface area contributed by atoms with E-state index in [2.05, 4.69) is 33.1 Å². The maximum Gasteiger partial charge on any atom is 0.123 e. The van der Waals surface area contributed by atoms with Crippen LogP contribution in [0.3, 0.4) is 0 Å². The molecule has 0 bridgehead atoms. The van der Waals surface area contributed by atoms with Gasteiger partial charge >= 0.3 is 0 Å². The van der Waals surface area contributed by atoms with Crippen LogP contribution in [0, 0.1) is 5.82 Å². The molecule has 0 aliphatic heterocycles. The number of allylic oxidation sites excluding steroid dienone is 1. The van der Waals surface area contributed by atoms with Gasteiger partial charge in [0.15, 0.2) is 0 Å². The van der Waals surface area contributed by atoms with Crippen LogP contribution in [-0.2, 0) is 0 Å². The SMILES string of the molecule is C=C(C(C)c1ccc(F)cc1)[Si](C)(C)C. The Morgan fingerprint density at radius 1 is 1.20 bits per heavy atom. The summed E-state index contributed by atoms with van der Waals surface area (Å²) < 4.78 is 12.8. The van der Waals surface area contributed by atoms with E-state index in [1.807, 2.05) is 12.1 Å². The van der Waals surface area contributed by atoms with Crippen molar-refractivity contribution in [2.24, 2.45) is 0 Å². The van der Waals surface area contributed by atoms with Crippen molar-refractivity contribution in [2.75, 3.05) is 0 Å². The molecule has 1 rings (SSSR count). The highest BCUT2D eigenvalue weighted by Gasteiger charge is 2.23. The Labute approximate surface area is 92.8 Å². The van der Waals surface area contributed by atoms with E-state index in [0.29, 0.717) is 5.92 Å². The second kappa shape index (κ2) is 4.31. The number of hydrogen-bond donors (Lipinski definition) is 0. The van der Waals surface area contributed by atoms with E-state index < -0.39 is 8.07 Å². The molecule has 82 valence electrons. The summed E-state index contributed by atoms with van der Waals surface area (Å²) in [6, 6.07) is 6.74. The Kier molecular flexibility index (Phi) is 3.50. The van der Waals surface area contributed by atoms with Crippen LogP contribution in [-0.4, -0.2) is 8.07 Å². The van der Waals surface area contributed by atoms with Gasteiger partial charge in [0.05, 0.1) is 8.07 Å². The molecule has 0 aliphatic rings. The smallest absolute Gasteiger partial charge is 0.123 e. The molecule has 0 aromatic heterocycles. The molecular weight excluding hydrogens is 203 g/mol. The zero-order valence-electron chi connectivity index (χ0n) is 9.97. The van der Waals surface area contributed by atoms with Crippen molar-refractivity contribution in [3.05, 3.63) is 47.4 Å². The zero-order valence-corrected chi connectivity index (χ0v) is 11.0. The van der Waals surface area contributed by atoms with Gasteiger partial charge in [0.25, 0.3) is 0 Å². The van der Waals surface area contributed by atoms with Crippen molar-refractivity contribution in [3.63, 3.8) is 0 Å². The van der Waals surface area contributed by atoms with Crippen molar-refractivity contribution in [1.82, 2.24) is 0 Å². The van der Waals surface area contributed by atoms with Crippen molar-refractivity contribution in [3.8, 4) is 0 Å². The van der Waals surface area contributed by atoms with E-state index in [-0.39, 0.29) is 5.82 Å². The van der Waals surface area contributed by atoms with Crippen molar-refractivity contribution in [1.29, 1.82) is 0 Å². The normalized spacial score (nSPS) is 13.7.